The number of aromatic nitrogens is 1. The highest BCUT2D eigenvalue weighted by atomic mass is 16.2. The van der Waals surface area contributed by atoms with Gasteiger partial charge >= 0.3 is 0 Å². The smallest absolute Gasteiger partial charge is 0.256 e. The van der Waals surface area contributed by atoms with Crippen molar-refractivity contribution in [1.29, 1.82) is 0 Å². The van der Waals surface area contributed by atoms with Crippen molar-refractivity contribution in [1.82, 2.24) is 20.9 Å². The fourth-order valence-corrected chi connectivity index (χ4v) is 5.42. The summed E-state index contributed by atoms with van der Waals surface area (Å²) in [6.45, 7) is 9.52. The summed E-state index contributed by atoms with van der Waals surface area (Å²) in [5.41, 5.74) is 5.79. The Balaban J connectivity index is 1.40. The van der Waals surface area contributed by atoms with Crippen LogP contribution in [0, 0.1) is 13.8 Å². The predicted molar refractivity (Wildman–Crippen MR) is 154 cm³/mol. The highest BCUT2D eigenvalue weighted by molar-refractivity contribution is 6.35. The summed E-state index contributed by atoms with van der Waals surface area (Å²) >= 11 is 0. The summed E-state index contributed by atoms with van der Waals surface area (Å²) in [5, 5.41) is 12.5. The van der Waals surface area contributed by atoms with E-state index in [1.165, 1.54) is 0 Å². The molecule has 0 unspecified atom stereocenters. The van der Waals surface area contributed by atoms with E-state index < -0.39 is 0 Å². The number of hydrogen-bond donors (Lipinski definition) is 5. The number of piperidine rings is 1. The first kappa shape index (κ1) is 26.4. The Bertz CT molecular complexity index is 1460. The molecule has 1 fully saturated rings. The van der Waals surface area contributed by atoms with Crippen molar-refractivity contribution in [2.45, 2.75) is 52.1 Å². The summed E-state index contributed by atoms with van der Waals surface area (Å²) in [5.74, 6) is -0.580. The maximum absolute atomic E-state index is 13.3. The topological polar surface area (TPSA) is 115 Å². The van der Waals surface area contributed by atoms with Crippen LogP contribution in [0.5, 0.6) is 0 Å². The Hall–Kier alpha value is -4.17. The summed E-state index contributed by atoms with van der Waals surface area (Å²) in [6, 6.07) is 14.8. The fraction of sp³-hybridized carbons (Fsp3) is 0.323. The number of anilines is 1. The van der Waals surface area contributed by atoms with Crippen molar-refractivity contribution in [3.63, 3.8) is 0 Å². The van der Waals surface area contributed by atoms with Gasteiger partial charge in [0.05, 0.1) is 17.2 Å². The van der Waals surface area contributed by atoms with E-state index in [9.17, 15) is 14.4 Å². The standard InChI is InChI=1S/C31H35N5O3/c1-18-26(33-20(3)27(18)30(39)36-31(4)12-14-32-15-13-31)17-24-23-16-22(10-11-25(23)35-29(24)38)28(37)34-19(2)21-8-6-5-7-9-21/h5-11,16-17,19,32-33H,12-15H2,1-4H3,(H,34,37)(H,35,38)(H,36,39)/b24-17-/t19-/m1/s1. The molecule has 39 heavy (non-hydrogen) atoms. The average Bonchev–Trinajstić information content (AvgIpc) is 3.38. The molecule has 3 amide bonds. The SMILES string of the molecule is Cc1[nH]c(/C=C2\C(=O)Nc3ccc(C(=O)N[C@H](C)c4ccccc4)cc32)c(C)c1C(=O)NC1(C)CCNCC1. The van der Waals surface area contributed by atoms with Crippen LogP contribution in [0.4, 0.5) is 5.69 Å². The largest absolute Gasteiger partial charge is 0.358 e. The van der Waals surface area contributed by atoms with Gasteiger partial charge in [-0.05, 0) is 89.0 Å². The first-order chi connectivity index (χ1) is 18.6. The third-order valence-corrected chi connectivity index (χ3v) is 7.83. The summed E-state index contributed by atoms with van der Waals surface area (Å²) in [7, 11) is 0. The third kappa shape index (κ3) is 5.38. The first-order valence-corrected chi connectivity index (χ1v) is 13.4. The molecule has 3 aromatic rings. The lowest BCUT2D eigenvalue weighted by Crippen LogP contribution is -2.52. The number of aromatic amines is 1. The molecule has 8 heteroatoms. The van der Waals surface area contributed by atoms with E-state index in [2.05, 4.69) is 33.2 Å². The third-order valence-electron chi connectivity index (χ3n) is 7.83. The molecule has 0 bridgehead atoms. The van der Waals surface area contributed by atoms with Crippen molar-refractivity contribution in [2.75, 3.05) is 18.4 Å². The number of carbonyl (C=O) groups is 3. The molecule has 1 aromatic heterocycles. The van der Waals surface area contributed by atoms with Crippen molar-refractivity contribution < 1.29 is 14.4 Å². The van der Waals surface area contributed by atoms with Gasteiger partial charge < -0.3 is 26.3 Å². The van der Waals surface area contributed by atoms with Crippen molar-refractivity contribution in [3.05, 3.63) is 87.7 Å². The van der Waals surface area contributed by atoms with Crippen LogP contribution in [0.3, 0.4) is 0 Å². The van der Waals surface area contributed by atoms with Gasteiger partial charge in [-0.2, -0.15) is 0 Å². The zero-order chi connectivity index (χ0) is 27.7. The molecule has 0 spiro atoms. The second-order valence-corrected chi connectivity index (χ2v) is 10.8. The molecular formula is C31H35N5O3. The van der Waals surface area contributed by atoms with E-state index in [1.54, 1.807) is 24.3 Å². The molecule has 202 valence electrons. The lowest BCUT2D eigenvalue weighted by molar-refractivity contribution is -0.110. The molecule has 5 N–H and O–H groups in total. The van der Waals surface area contributed by atoms with Crippen LogP contribution in [0.1, 0.15) is 81.5 Å². The van der Waals surface area contributed by atoms with Gasteiger partial charge in [0.25, 0.3) is 17.7 Å². The second kappa shape index (κ2) is 10.5. The maximum Gasteiger partial charge on any atom is 0.256 e. The van der Waals surface area contributed by atoms with Crippen molar-refractivity contribution >= 4 is 35.1 Å². The fourth-order valence-electron chi connectivity index (χ4n) is 5.42. The Morgan fingerprint density at radius 1 is 1.03 bits per heavy atom. The number of rotatable bonds is 6. The Kier molecular flexibility index (Phi) is 7.14. The zero-order valence-electron chi connectivity index (χ0n) is 22.8. The average molecular weight is 526 g/mol. The summed E-state index contributed by atoms with van der Waals surface area (Å²) in [4.78, 5) is 42.6. The van der Waals surface area contributed by atoms with Crippen molar-refractivity contribution in [2.24, 2.45) is 0 Å². The molecule has 0 radical (unpaired) electrons. The Morgan fingerprint density at radius 3 is 2.46 bits per heavy atom. The predicted octanol–water partition coefficient (Wildman–Crippen LogP) is 4.49. The normalized spacial score (nSPS) is 17.8. The summed E-state index contributed by atoms with van der Waals surface area (Å²) < 4.78 is 0. The van der Waals surface area contributed by atoms with Gasteiger partial charge in [-0.15, -0.1) is 0 Å². The highest BCUT2D eigenvalue weighted by Gasteiger charge is 2.31. The van der Waals surface area contributed by atoms with E-state index in [4.69, 9.17) is 0 Å². The molecule has 2 aliphatic heterocycles. The lowest BCUT2D eigenvalue weighted by atomic mass is 9.90. The van der Waals surface area contributed by atoms with E-state index in [0.717, 1.165) is 42.8 Å². The Labute approximate surface area is 228 Å². The minimum Gasteiger partial charge on any atom is -0.358 e. The lowest BCUT2D eigenvalue weighted by Gasteiger charge is -2.35. The number of nitrogens with one attached hydrogen (secondary N) is 5. The van der Waals surface area contributed by atoms with Crippen LogP contribution in [0.25, 0.3) is 11.6 Å². The van der Waals surface area contributed by atoms with Gasteiger partial charge in [-0.25, -0.2) is 0 Å². The van der Waals surface area contributed by atoms with Crippen LogP contribution in [0.2, 0.25) is 0 Å². The minimum absolute atomic E-state index is 0.113. The number of H-pyrrole nitrogens is 1. The van der Waals surface area contributed by atoms with E-state index in [1.807, 2.05) is 51.1 Å². The van der Waals surface area contributed by atoms with Crippen LogP contribution >= 0.6 is 0 Å². The number of aryl methyl sites for hydroxylation is 1. The molecule has 3 heterocycles. The maximum atomic E-state index is 13.3. The van der Waals surface area contributed by atoms with Gasteiger partial charge in [0.15, 0.2) is 0 Å². The molecule has 2 aromatic carbocycles. The van der Waals surface area contributed by atoms with Gasteiger partial charge in [0.1, 0.15) is 0 Å². The molecule has 0 saturated carbocycles. The van der Waals surface area contributed by atoms with E-state index in [0.29, 0.717) is 33.6 Å². The quantitative estimate of drug-likeness (QED) is 0.305. The number of benzene rings is 2. The number of carbonyl (C=O) groups excluding carboxylic acids is 3. The molecule has 1 atom stereocenters. The molecular weight excluding hydrogens is 490 g/mol. The molecule has 0 aliphatic carbocycles. The zero-order valence-corrected chi connectivity index (χ0v) is 22.8. The molecule has 1 saturated heterocycles. The van der Waals surface area contributed by atoms with Gasteiger partial charge in [0, 0.05) is 33.7 Å². The van der Waals surface area contributed by atoms with Crippen LogP contribution in [0.15, 0.2) is 48.5 Å². The van der Waals surface area contributed by atoms with Crippen LogP contribution < -0.4 is 21.3 Å². The number of hydrogen-bond acceptors (Lipinski definition) is 4. The second-order valence-electron chi connectivity index (χ2n) is 10.8. The van der Waals surface area contributed by atoms with Gasteiger partial charge in [-0.1, -0.05) is 30.3 Å². The van der Waals surface area contributed by atoms with Crippen molar-refractivity contribution in [3.8, 4) is 0 Å². The monoisotopic (exact) mass is 525 g/mol. The van der Waals surface area contributed by atoms with Gasteiger partial charge in [0.2, 0.25) is 0 Å². The number of fused-ring (bicyclic) bond motifs is 1. The molecule has 8 nitrogen and oxygen atoms in total. The molecule has 2 aliphatic rings. The number of amides is 3. The van der Waals surface area contributed by atoms with Crippen LogP contribution in [-0.4, -0.2) is 41.3 Å². The van der Waals surface area contributed by atoms with Gasteiger partial charge in [-0.3, -0.25) is 14.4 Å². The molecule has 5 rings (SSSR count). The Morgan fingerprint density at radius 2 is 1.74 bits per heavy atom. The van der Waals surface area contributed by atoms with E-state index in [-0.39, 0.29) is 29.3 Å². The van der Waals surface area contributed by atoms with Crippen LogP contribution in [-0.2, 0) is 4.79 Å². The minimum atomic E-state index is -0.254. The van der Waals surface area contributed by atoms with E-state index >= 15 is 0 Å². The summed E-state index contributed by atoms with van der Waals surface area (Å²) in [6.07, 6.45) is 3.51. The first-order valence-electron chi connectivity index (χ1n) is 13.4. The highest BCUT2D eigenvalue weighted by Crippen LogP contribution is 2.35.